The molecular formula is C20H31NO12. The molecule has 0 spiro atoms. The Kier molecular flexibility index (Phi) is 15.7. The molecule has 0 aliphatic carbocycles. The van der Waals surface area contributed by atoms with Gasteiger partial charge in [-0.3, -0.25) is 33.7 Å². The van der Waals surface area contributed by atoms with Gasteiger partial charge in [0.2, 0.25) is 20.4 Å². The molecular weight excluding hydrogens is 446 g/mol. The van der Waals surface area contributed by atoms with E-state index in [1.165, 1.54) is 0 Å². The number of ether oxygens (including phenoxy) is 6. The summed E-state index contributed by atoms with van der Waals surface area (Å²) in [5, 5.41) is 0. The third-order valence-corrected chi connectivity index (χ3v) is 3.89. The number of esters is 6. The number of hydrogen-bond donors (Lipinski definition) is 0. The summed E-state index contributed by atoms with van der Waals surface area (Å²) in [6.07, 6.45) is 2.37. The highest BCUT2D eigenvalue weighted by molar-refractivity contribution is 5.80. The number of rotatable bonds is 16. The van der Waals surface area contributed by atoms with E-state index in [0.717, 1.165) is 38.5 Å². The molecule has 0 heterocycles. The standard InChI is InChI=1S/C20H31NO12/c1-5-6-7-8-17(20(27)33-13-30-16(4)24)21(9-18(25)31-11-28-14(2)22)10-19(26)32-12-29-15(3)23/h17H,5-13H2,1-4H3. The third-order valence-electron chi connectivity index (χ3n) is 3.89. The Balaban J connectivity index is 5.38. The van der Waals surface area contributed by atoms with Crippen LogP contribution in [-0.2, 0) is 57.2 Å². The predicted molar refractivity (Wildman–Crippen MR) is 108 cm³/mol. The van der Waals surface area contributed by atoms with Gasteiger partial charge in [0.25, 0.3) is 0 Å². The molecule has 0 saturated heterocycles. The first-order valence-electron chi connectivity index (χ1n) is 10.2. The topological polar surface area (TPSA) is 161 Å². The lowest BCUT2D eigenvalue weighted by atomic mass is 10.1. The molecule has 0 aromatic carbocycles. The maximum absolute atomic E-state index is 12.6. The summed E-state index contributed by atoms with van der Waals surface area (Å²) in [6, 6.07) is -1.09. The lowest BCUT2D eigenvalue weighted by Gasteiger charge is -2.28. The summed E-state index contributed by atoms with van der Waals surface area (Å²) < 4.78 is 28.2. The maximum Gasteiger partial charge on any atom is 0.326 e. The zero-order valence-corrected chi connectivity index (χ0v) is 19.3. The summed E-state index contributed by atoms with van der Waals surface area (Å²) in [7, 11) is 0. The summed E-state index contributed by atoms with van der Waals surface area (Å²) in [6.45, 7) is 2.31. The fourth-order valence-corrected chi connectivity index (χ4v) is 2.36. The van der Waals surface area contributed by atoms with Crippen LogP contribution in [-0.4, -0.2) is 80.2 Å². The lowest BCUT2D eigenvalue weighted by Crippen LogP contribution is -2.48. The second-order valence-corrected chi connectivity index (χ2v) is 6.67. The van der Waals surface area contributed by atoms with Crippen LogP contribution in [0, 0.1) is 0 Å². The lowest BCUT2D eigenvalue weighted by molar-refractivity contribution is -0.172. The number of carbonyl (C=O) groups excluding carboxylic acids is 6. The van der Waals surface area contributed by atoms with E-state index in [4.69, 9.17) is 14.2 Å². The van der Waals surface area contributed by atoms with E-state index in [1.807, 2.05) is 6.92 Å². The van der Waals surface area contributed by atoms with Gasteiger partial charge in [0.15, 0.2) is 0 Å². The summed E-state index contributed by atoms with van der Waals surface area (Å²) in [5.74, 6) is -4.62. The quantitative estimate of drug-likeness (QED) is 0.130. The van der Waals surface area contributed by atoms with Crippen LogP contribution in [0.5, 0.6) is 0 Å². The Hall–Kier alpha value is -3.22. The Morgan fingerprint density at radius 2 is 1.06 bits per heavy atom. The van der Waals surface area contributed by atoms with Gasteiger partial charge in [-0.2, -0.15) is 0 Å². The Morgan fingerprint density at radius 3 is 1.45 bits per heavy atom. The van der Waals surface area contributed by atoms with Crippen LogP contribution in [0.4, 0.5) is 0 Å². The van der Waals surface area contributed by atoms with Crippen molar-refractivity contribution in [1.82, 2.24) is 4.90 Å². The molecule has 0 radical (unpaired) electrons. The monoisotopic (exact) mass is 477 g/mol. The highest BCUT2D eigenvalue weighted by Crippen LogP contribution is 2.13. The molecule has 0 aromatic heterocycles. The van der Waals surface area contributed by atoms with E-state index in [2.05, 4.69) is 14.2 Å². The summed E-state index contributed by atoms with van der Waals surface area (Å²) in [5.41, 5.74) is 0. The molecule has 0 aromatic rings. The molecule has 1 unspecified atom stereocenters. The second kappa shape index (κ2) is 17.3. The van der Waals surface area contributed by atoms with Crippen LogP contribution < -0.4 is 0 Å². The van der Waals surface area contributed by atoms with Crippen LogP contribution in [0.1, 0.15) is 53.4 Å². The molecule has 0 amide bonds. The van der Waals surface area contributed by atoms with Crippen LogP contribution in [0.3, 0.4) is 0 Å². The molecule has 13 nitrogen and oxygen atoms in total. The van der Waals surface area contributed by atoms with Crippen LogP contribution in [0.2, 0.25) is 0 Å². The molecule has 188 valence electrons. The van der Waals surface area contributed by atoms with Gasteiger partial charge in [-0.05, 0) is 6.42 Å². The van der Waals surface area contributed by atoms with Crippen LogP contribution in [0.25, 0.3) is 0 Å². The number of carbonyl (C=O) groups is 6. The zero-order chi connectivity index (χ0) is 25.2. The minimum atomic E-state index is -1.09. The van der Waals surface area contributed by atoms with Crippen molar-refractivity contribution in [2.45, 2.75) is 59.4 Å². The second-order valence-electron chi connectivity index (χ2n) is 6.67. The molecule has 0 aliphatic rings. The predicted octanol–water partition coefficient (Wildman–Crippen LogP) is 0.429. The zero-order valence-electron chi connectivity index (χ0n) is 19.3. The average Bonchev–Trinajstić information content (AvgIpc) is 2.69. The van der Waals surface area contributed by atoms with Gasteiger partial charge in [-0.25, -0.2) is 0 Å². The molecule has 0 fully saturated rings. The van der Waals surface area contributed by atoms with Crippen molar-refractivity contribution < 1.29 is 57.2 Å². The molecule has 0 aliphatic heterocycles. The highest BCUT2D eigenvalue weighted by Gasteiger charge is 2.31. The molecule has 0 saturated carbocycles. The van der Waals surface area contributed by atoms with E-state index >= 15 is 0 Å². The molecule has 0 rings (SSSR count). The smallest absolute Gasteiger partial charge is 0.326 e. The van der Waals surface area contributed by atoms with Gasteiger partial charge in [-0.1, -0.05) is 26.2 Å². The molecule has 33 heavy (non-hydrogen) atoms. The van der Waals surface area contributed by atoms with Crippen LogP contribution in [0.15, 0.2) is 0 Å². The van der Waals surface area contributed by atoms with Crippen molar-refractivity contribution in [2.75, 3.05) is 33.5 Å². The number of hydrogen-bond acceptors (Lipinski definition) is 13. The maximum atomic E-state index is 12.6. The Labute approximate surface area is 191 Å². The van der Waals surface area contributed by atoms with E-state index < -0.39 is 75.3 Å². The summed E-state index contributed by atoms with van der Waals surface area (Å²) >= 11 is 0. The van der Waals surface area contributed by atoms with Crippen molar-refractivity contribution in [3.63, 3.8) is 0 Å². The molecule has 0 bridgehead atoms. The van der Waals surface area contributed by atoms with E-state index in [-0.39, 0.29) is 6.42 Å². The van der Waals surface area contributed by atoms with Gasteiger partial charge < -0.3 is 28.4 Å². The third kappa shape index (κ3) is 16.1. The fourth-order valence-electron chi connectivity index (χ4n) is 2.36. The van der Waals surface area contributed by atoms with Gasteiger partial charge in [-0.15, -0.1) is 0 Å². The number of unbranched alkanes of at least 4 members (excludes halogenated alkanes) is 2. The van der Waals surface area contributed by atoms with Gasteiger partial charge in [0.05, 0.1) is 13.1 Å². The van der Waals surface area contributed by atoms with E-state index in [0.29, 0.717) is 6.42 Å². The number of nitrogens with zero attached hydrogens (tertiary/aromatic N) is 1. The highest BCUT2D eigenvalue weighted by atomic mass is 16.7. The van der Waals surface area contributed by atoms with Crippen molar-refractivity contribution in [2.24, 2.45) is 0 Å². The Morgan fingerprint density at radius 1 is 0.636 bits per heavy atom. The van der Waals surface area contributed by atoms with Crippen molar-refractivity contribution >= 4 is 35.8 Å². The van der Waals surface area contributed by atoms with E-state index in [1.54, 1.807) is 0 Å². The minimum Gasteiger partial charge on any atom is -0.428 e. The fraction of sp³-hybridized carbons (Fsp3) is 0.700. The Bertz CT molecular complexity index is 644. The molecule has 0 N–H and O–H groups in total. The van der Waals surface area contributed by atoms with Crippen molar-refractivity contribution in [1.29, 1.82) is 0 Å². The van der Waals surface area contributed by atoms with Gasteiger partial charge >= 0.3 is 35.8 Å². The minimum absolute atomic E-state index is 0.210. The summed E-state index contributed by atoms with van der Waals surface area (Å²) in [4.78, 5) is 70.7. The van der Waals surface area contributed by atoms with Crippen molar-refractivity contribution in [3.8, 4) is 0 Å². The normalized spacial score (nSPS) is 11.2. The SMILES string of the molecule is CCCCCC(C(=O)OCOC(C)=O)N(CC(=O)OCOC(C)=O)CC(=O)OCOC(C)=O. The first-order chi connectivity index (χ1) is 15.6. The molecule has 1 atom stereocenters. The van der Waals surface area contributed by atoms with Gasteiger partial charge in [0.1, 0.15) is 6.04 Å². The average molecular weight is 477 g/mol. The van der Waals surface area contributed by atoms with Crippen LogP contribution >= 0.6 is 0 Å². The molecule has 13 heteroatoms. The van der Waals surface area contributed by atoms with E-state index in [9.17, 15) is 28.8 Å². The largest absolute Gasteiger partial charge is 0.428 e. The first-order valence-corrected chi connectivity index (χ1v) is 10.2. The van der Waals surface area contributed by atoms with Gasteiger partial charge in [0, 0.05) is 20.8 Å². The van der Waals surface area contributed by atoms with Crippen molar-refractivity contribution in [3.05, 3.63) is 0 Å². The first kappa shape index (κ1) is 29.8.